The Kier molecular flexibility index (Phi) is 6.20. The summed E-state index contributed by atoms with van der Waals surface area (Å²) in [5.41, 5.74) is 2.41. The van der Waals surface area contributed by atoms with Crippen LogP contribution in [0, 0.1) is 11.6 Å². The van der Waals surface area contributed by atoms with E-state index in [1.807, 2.05) is 38.1 Å². The molecule has 1 amide bonds. The lowest BCUT2D eigenvalue weighted by atomic mass is 9.88. The lowest BCUT2D eigenvalue weighted by Gasteiger charge is -2.41. The minimum atomic E-state index is -0.895. The number of aromatic amines is 1. The third-order valence-corrected chi connectivity index (χ3v) is 5.91. The summed E-state index contributed by atoms with van der Waals surface area (Å²) in [6.07, 6.45) is 1.34. The quantitative estimate of drug-likeness (QED) is 0.605. The maximum Gasteiger partial charge on any atom is 0.237 e. The van der Waals surface area contributed by atoms with Crippen molar-refractivity contribution in [1.29, 1.82) is 0 Å². The Morgan fingerprint density at radius 2 is 1.91 bits per heavy atom. The fraction of sp³-hybridized carbons (Fsp3) is 0.400. The minimum Gasteiger partial charge on any atom is -0.493 e. The number of nitrogens with one attached hydrogen (secondary N) is 1. The van der Waals surface area contributed by atoms with Gasteiger partial charge in [-0.05, 0) is 45.5 Å². The van der Waals surface area contributed by atoms with E-state index >= 15 is 8.78 Å². The molecule has 1 N–H and O–H groups in total. The number of rotatable bonds is 6. The Labute approximate surface area is 187 Å². The largest absolute Gasteiger partial charge is 0.493 e. The van der Waals surface area contributed by atoms with Crippen LogP contribution in [0.3, 0.4) is 0 Å². The number of amides is 1. The molecular weight excluding hydrogens is 412 g/mol. The van der Waals surface area contributed by atoms with E-state index in [0.29, 0.717) is 18.7 Å². The highest BCUT2D eigenvalue weighted by molar-refractivity contribution is 5.87. The summed E-state index contributed by atoms with van der Waals surface area (Å²) in [7, 11) is 3.60. The SMILES string of the molecule is CCCOc1cc(F)c([C@@H]2c3[nH]c4ccccc4c3C[C@@H](C)N2C(=O)CN(C)C)c(F)c1. The molecule has 0 unspecified atom stereocenters. The van der Waals surface area contributed by atoms with Crippen molar-refractivity contribution in [1.82, 2.24) is 14.8 Å². The van der Waals surface area contributed by atoms with Gasteiger partial charge < -0.3 is 19.5 Å². The molecule has 0 spiro atoms. The van der Waals surface area contributed by atoms with Gasteiger partial charge in [0.05, 0.1) is 18.7 Å². The zero-order valence-corrected chi connectivity index (χ0v) is 18.9. The van der Waals surface area contributed by atoms with Crippen LogP contribution < -0.4 is 4.74 Å². The molecule has 170 valence electrons. The highest BCUT2D eigenvalue weighted by Crippen LogP contribution is 2.43. The maximum atomic E-state index is 15.4. The van der Waals surface area contributed by atoms with Crippen molar-refractivity contribution >= 4 is 16.8 Å². The van der Waals surface area contributed by atoms with Crippen molar-refractivity contribution in [3.63, 3.8) is 0 Å². The number of para-hydroxylation sites is 1. The first-order chi connectivity index (χ1) is 15.3. The number of hydrogen-bond acceptors (Lipinski definition) is 3. The summed E-state index contributed by atoms with van der Waals surface area (Å²) >= 11 is 0. The summed E-state index contributed by atoms with van der Waals surface area (Å²) in [6, 6.07) is 9.10. The van der Waals surface area contributed by atoms with Gasteiger partial charge in [0, 0.05) is 34.8 Å². The van der Waals surface area contributed by atoms with Crippen molar-refractivity contribution in [2.75, 3.05) is 27.2 Å². The second kappa shape index (κ2) is 8.90. The Morgan fingerprint density at radius 1 is 1.22 bits per heavy atom. The van der Waals surface area contributed by atoms with Gasteiger partial charge in [0.15, 0.2) is 0 Å². The predicted molar refractivity (Wildman–Crippen MR) is 121 cm³/mol. The first-order valence-electron chi connectivity index (χ1n) is 11.0. The average Bonchev–Trinajstić information content (AvgIpc) is 3.09. The van der Waals surface area contributed by atoms with Crippen LogP contribution in [0.1, 0.15) is 43.1 Å². The van der Waals surface area contributed by atoms with Gasteiger partial charge in [0.2, 0.25) is 5.91 Å². The van der Waals surface area contributed by atoms with E-state index in [-0.39, 0.29) is 29.8 Å². The number of hydrogen-bond donors (Lipinski definition) is 1. The number of ether oxygens (including phenoxy) is 1. The number of carbonyl (C=O) groups is 1. The third kappa shape index (κ3) is 3.97. The molecule has 2 heterocycles. The molecule has 4 rings (SSSR count). The van der Waals surface area contributed by atoms with Gasteiger partial charge in [-0.2, -0.15) is 0 Å². The smallest absolute Gasteiger partial charge is 0.237 e. The molecule has 0 saturated heterocycles. The van der Waals surface area contributed by atoms with Gasteiger partial charge in [0.1, 0.15) is 23.4 Å². The van der Waals surface area contributed by atoms with E-state index in [9.17, 15) is 4.79 Å². The Balaban J connectivity index is 1.90. The lowest BCUT2D eigenvalue weighted by molar-refractivity contribution is -0.136. The number of nitrogens with zero attached hydrogens (tertiary/aromatic N) is 2. The fourth-order valence-corrected chi connectivity index (χ4v) is 4.61. The normalized spacial score (nSPS) is 18.3. The van der Waals surface area contributed by atoms with Crippen molar-refractivity contribution in [3.05, 3.63) is 64.9 Å². The van der Waals surface area contributed by atoms with Crippen molar-refractivity contribution in [2.45, 2.75) is 38.8 Å². The first kappa shape index (κ1) is 22.3. The van der Waals surface area contributed by atoms with E-state index < -0.39 is 17.7 Å². The Bertz CT molecular complexity index is 1120. The molecule has 32 heavy (non-hydrogen) atoms. The lowest BCUT2D eigenvalue weighted by Crippen LogP contribution is -2.49. The van der Waals surface area contributed by atoms with Gasteiger partial charge >= 0.3 is 0 Å². The number of H-pyrrole nitrogens is 1. The molecule has 0 radical (unpaired) electrons. The topological polar surface area (TPSA) is 48.6 Å². The Morgan fingerprint density at radius 3 is 2.56 bits per heavy atom. The van der Waals surface area contributed by atoms with Crippen LogP contribution >= 0.6 is 0 Å². The third-order valence-electron chi connectivity index (χ3n) is 5.91. The zero-order valence-electron chi connectivity index (χ0n) is 18.9. The second-order valence-corrected chi connectivity index (χ2v) is 8.71. The molecule has 2 atom stereocenters. The standard InChI is InChI=1S/C25H29F2N3O2/c1-5-10-32-16-12-19(26)23(20(27)13-16)25-24-18(17-8-6-7-9-21(17)28-24)11-15(2)30(25)22(31)14-29(3)4/h6-9,12-13,15,25,28H,5,10-11,14H2,1-4H3/t15-,25-/m1/s1. The van der Waals surface area contributed by atoms with Crippen molar-refractivity contribution in [2.24, 2.45) is 0 Å². The highest BCUT2D eigenvalue weighted by Gasteiger charge is 2.41. The summed E-state index contributed by atoms with van der Waals surface area (Å²) in [5, 5.41) is 1.02. The number of likely N-dealkylation sites (N-methyl/N-ethyl adjacent to an activating group) is 1. The molecule has 0 bridgehead atoms. The van der Waals surface area contributed by atoms with Gasteiger partial charge in [-0.1, -0.05) is 25.1 Å². The van der Waals surface area contributed by atoms with Gasteiger partial charge in [-0.25, -0.2) is 8.78 Å². The zero-order chi connectivity index (χ0) is 23.0. The minimum absolute atomic E-state index is 0.139. The average molecular weight is 442 g/mol. The van der Waals surface area contributed by atoms with E-state index in [1.54, 1.807) is 23.9 Å². The van der Waals surface area contributed by atoms with Crippen LogP contribution in [-0.2, 0) is 11.2 Å². The molecule has 1 aromatic heterocycles. The van der Waals surface area contributed by atoms with E-state index in [4.69, 9.17) is 4.74 Å². The van der Waals surface area contributed by atoms with Gasteiger partial charge in [-0.15, -0.1) is 0 Å². The molecule has 0 aliphatic carbocycles. The fourth-order valence-electron chi connectivity index (χ4n) is 4.61. The predicted octanol–water partition coefficient (Wildman–Crippen LogP) is 4.66. The molecule has 1 aliphatic heterocycles. The van der Waals surface area contributed by atoms with Crippen LogP contribution in [0.25, 0.3) is 10.9 Å². The number of fused-ring (bicyclic) bond motifs is 3. The second-order valence-electron chi connectivity index (χ2n) is 8.71. The van der Waals surface area contributed by atoms with E-state index in [1.165, 1.54) is 12.1 Å². The number of carbonyl (C=O) groups excluding carboxylic acids is 1. The van der Waals surface area contributed by atoms with Crippen molar-refractivity contribution < 1.29 is 18.3 Å². The molecule has 0 saturated carbocycles. The van der Waals surface area contributed by atoms with Crippen LogP contribution in [-0.4, -0.2) is 54.0 Å². The molecule has 1 aliphatic rings. The van der Waals surface area contributed by atoms with Gasteiger partial charge in [0.25, 0.3) is 0 Å². The van der Waals surface area contributed by atoms with E-state index in [2.05, 4.69) is 4.98 Å². The molecule has 7 heteroatoms. The van der Waals surface area contributed by atoms with Gasteiger partial charge in [-0.3, -0.25) is 4.79 Å². The first-order valence-corrected chi connectivity index (χ1v) is 11.0. The summed E-state index contributed by atoms with van der Waals surface area (Å²) in [4.78, 5) is 20.0. The Hall–Kier alpha value is -2.93. The monoisotopic (exact) mass is 441 g/mol. The number of aromatic nitrogens is 1. The summed E-state index contributed by atoms with van der Waals surface area (Å²) in [6.45, 7) is 4.38. The molecule has 3 aromatic rings. The van der Waals surface area contributed by atoms with Crippen LogP contribution in [0.15, 0.2) is 36.4 Å². The van der Waals surface area contributed by atoms with Crippen LogP contribution in [0.5, 0.6) is 5.75 Å². The molecule has 2 aromatic carbocycles. The van der Waals surface area contributed by atoms with E-state index in [0.717, 1.165) is 22.9 Å². The summed E-state index contributed by atoms with van der Waals surface area (Å²) in [5.74, 6) is -1.47. The number of halogens is 2. The summed E-state index contributed by atoms with van der Waals surface area (Å²) < 4.78 is 36.3. The maximum absolute atomic E-state index is 15.4. The van der Waals surface area contributed by atoms with Crippen LogP contribution in [0.4, 0.5) is 8.78 Å². The molecule has 5 nitrogen and oxygen atoms in total. The van der Waals surface area contributed by atoms with Crippen molar-refractivity contribution in [3.8, 4) is 5.75 Å². The highest BCUT2D eigenvalue weighted by atomic mass is 19.1. The van der Waals surface area contributed by atoms with Crippen LogP contribution in [0.2, 0.25) is 0 Å². The number of benzene rings is 2. The molecular formula is C25H29F2N3O2. The molecule has 0 fully saturated rings.